The van der Waals surface area contributed by atoms with Crippen LogP contribution in [0.15, 0.2) is 21.9 Å². The molecule has 1 rings (SSSR count). The molecule has 0 radical (unpaired) electrons. The second-order valence-corrected chi connectivity index (χ2v) is 7.08. The normalized spacial score (nSPS) is 13.9. The van der Waals surface area contributed by atoms with Crippen LogP contribution in [0.5, 0.6) is 0 Å². The average Bonchev–Trinajstić information content (AvgIpc) is 2.41. The Morgan fingerprint density at radius 3 is 2.09 bits per heavy atom. The molecule has 12 heteroatoms. The highest BCUT2D eigenvalue weighted by Gasteiger charge is 2.26. The van der Waals surface area contributed by atoms with Crippen molar-refractivity contribution >= 4 is 25.9 Å². The quantitative estimate of drug-likeness (QED) is 0.260. The summed E-state index contributed by atoms with van der Waals surface area (Å²) in [5.74, 6) is 0. The van der Waals surface area contributed by atoms with Gasteiger partial charge in [-0.25, -0.2) is 0 Å². The van der Waals surface area contributed by atoms with Gasteiger partial charge in [0.2, 0.25) is 0 Å². The van der Waals surface area contributed by atoms with Gasteiger partial charge < -0.3 is 15.3 Å². The Labute approximate surface area is 127 Å². The summed E-state index contributed by atoms with van der Waals surface area (Å²) in [6, 6.07) is 0.610. The molecule has 0 aliphatic carbocycles. The van der Waals surface area contributed by atoms with Crippen LogP contribution in [-0.2, 0) is 25.0 Å². The summed E-state index contributed by atoms with van der Waals surface area (Å²) < 4.78 is 68.9. The first kappa shape index (κ1) is 18.8. The van der Waals surface area contributed by atoms with E-state index in [-0.39, 0.29) is 18.0 Å². The molecule has 1 aromatic carbocycles. The van der Waals surface area contributed by atoms with E-state index >= 15 is 0 Å². The lowest BCUT2D eigenvalue weighted by atomic mass is 10.1. The molecule has 0 saturated heterocycles. The molecule has 1 aromatic rings. The first-order valence-electron chi connectivity index (χ1n) is 5.77. The van der Waals surface area contributed by atoms with Gasteiger partial charge in [0, 0.05) is 7.11 Å². The topological polar surface area (TPSA) is 162 Å². The van der Waals surface area contributed by atoms with Gasteiger partial charge in [-0.1, -0.05) is 0 Å². The third-order valence-electron chi connectivity index (χ3n) is 2.73. The number of hydrogen-bond acceptors (Lipinski definition) is 8. The smallest absolute Gasteiger partial charge is 0.296 e. The maximum Gasteiger partial charge on any atom is 0.296 e. The zero-order valence-electron chi connectivity index (χ0n) is 11.6. The highest BCUT2D eigenvalue weighted by molar-refractivity contribution is 7.86. The Hall–Kier alpha value is -1.28. The molecule has 1 unspecified atom stereocenters. The number of hydroxylamine groups is 1. The van der Waals surface area contributed by atoms with Gasteiger partial charge in [0.15, 0.2) is 0 Å². The highest BCUT2D eigenvalue weighted by Crippen LogP contribution is 2.31. The van der Waals surface area contributed by atoms with Crippen LogP contribution < -0.4 is 10.8 Å². The third-order valence-corrected chi connectivity index (χ3v) is 4.54. The van der Waals surface area contributed by atoms with Crippen LogP contribution in [0.1, 0.15) is 18.5 Å². The predicted octanol–water partition coefficient (Wildman–Crippen LogP) is 0.236. The Kier molecular flexibility index (Phi) is 5.86. The maximum atomic E-state index is 11.4. The van der Waals surface area contributed by atoms with E-state index in [9.17, 15) is 25.9 Å². The van der Waals surface area contributed by atoms with Crippen molar-refractivity contribution < 1.29 is 35.9 Å². The van der Waals surface area contributed by atoms with Crippen LogP contribution in [0.2, 0.25) is 0 Å². The standard InChI is InChI=1S/C10H16N2O8S2/c1-6(12-13)7-3-10(22(17,18)19)8(11-5-20-2)4-9(7)21(14,15)16/h3-4,6,11-13H,5H2,1-2H3,(H,14,15,16)(H,17,18,19). The van der Waals surface area contributed by atoms with Crippen molar-refractivity contribution in [3.05, 3.63) is 17.7 Å². The molecule has 0 aliphatic rings. The lowest BCUT2D eigenvalue weighted by Gasteiger charge is -2.17. The summed E-state index contributed by atoms with van der Waals surface area (Å²) in [6.07, 6.45) is 0. The van der Waals surface area contributed by atoms with Gasteiger partial charge >= 0.3 is 0 Å². The Bertz CT molecular complexity index is 744. The first-order chi connectivity index (χ1) is 10.0. The summed E-state index contributed by atoms with van der Waals surface area (Å²) in [5, 5.41) is 11.4. The molecule has 0 amide bonds. The number of nitrogens with one attached hydrogen (secondary N) is 2. The van der Waals surface area contributed by atoms with Crippen molar-refractivity contribution in [2.45, 2.75) is 22.8 Å². The van der Waals surface area contributed by atoms with Crippen LogP contribution in [0.3, 0.4) is 0 Å². The second kappa shape index (κ2) is 6.87. The van der Waals surface area contributed by atoms with Crippen molar-refractivity contribution in [1.29, 1.82) is 0 Å². The molecule has 0 bridgehead atoms. The molecule has 22 heavy (non-hydrogen) atoms. The molecular formula is C10H16N2O8S2. The van der Waals surface area contributed by atoms with Gasteiger partial charge in [-0.3, -0.25) is 9.11 Å². The van der Waals surface area contributed by atoms with E-state index in [0.29, 0.717) is 0 Å². The van der Waals surface area contributed by atoms with Gasteiger partial charge in [0.1, 0.15) is 16.5 Å². The molecule has 10 nitrogen and oxygen atoms in total. The van der Waals surface area contributed by atoms with Crippen molar-refractivity contribution in [2.75, 3.05) is 19.2 Å². The van der Waals surface area contributed by atoms with E-state index in [1.807, 2.05) is 0 Å². The predicted molar refractivity (Wildman–Crippen MR) is 74.9 cm³/mol. The summed E-state index contributed by atoms with van der Waals surface area (Å²) in [5.41, 5.74) is 1.20. The number of benzene rings is 1. The second-order valence-electron chi connectivity index (χ2n) is 4.30. The molecule has 5 N–H and O–H groups in total. The SMILES string of the molecule is COCNc1cc(S(=O)(=O)O)c(C(C)NO)cc1S(=O)(=O)O. The molecule has 0 aromatic heterocycles. The molecule has 0 heterocycles. The number of hydrogen-bond donors (Lipinski definition) is 5. The largest absolute Gasteiger partial charge is 0.365 e. The van der Waals surface area contributed by atoms with Gasteiger partial charge in [-0.05, 0) is 24.6 Å². The molecular weight excluding hydrogens is 340 g/mol. The Balaban J connectivity index is 3.72. The van der Waals surface area contributed by atoms with Crippen LogP contribution in [0.4, 0.5) is 5.69 Å². The van der Waals surface area contributed by atoms with Crippen LogP contribution in [0, 0.1) is 0 Å². The molecule has 0 spiro atoms. The Morgan fingerprint density at radius 2 is 1.68 bits per heavy atom. The van der Waals surface area contributed by atoms with Crippen molar-refractivity contribution in [2.24, 2.45) is 0 Å². The van der Waals surface area contributed by atoms with Crippen molar-refractivity contribution in [3.8, 4) is 0 Å². The van der Waals surface area contributed by atoms with Crippen LogP contribution in [-0.4, -0.2) is 45.0 Å². The lowest BCUT2D eigenvalue weighted by molar-refractivity contribution is 0.132. The lowest BCUT2D eigenvalue weighted by Crippen LogP contribution is -2.19. The zero-order chi connectivity index (χ0) is 17.1. The number of methoxy groups -OCH3 is 1. The summed E-state index contributed by atoms with van der Waals surface area (Å²) in [7, 11) is -8.10. The van der Waals surface area contributed by atoms with Crippen LogP contribution in [0.25, 0.3) is 0 Å². The number of anilines is 1. The fourth-order valence-electron chi connectivity index (χ4n) is 1.71. The molecule has 0 fully saturated rings. The average molecular weight is 356 g/mol. The summed E-state index contributed by atoms with van der Waals surface area (Å²) in [4.78, 5) is -1.26. The molecule has 126 valence electrons. The Morgan fingerprint density at radius 1 is 1.14 bits per heavy atom. The van der Waals surface area contributed by atoms with Gasteiger partial charge in [-0.2, -0.15) is 22.3 Å². The van der Waals surface area contributed by atoms with Crippen LogP contribution >= 0.6 is 0 Å². The van der Waals surface area contributed by atoms with Gasteiger partial charge in [0.25, 0.3) is 20.2 Å². The first-order valence-corrected chi connectivity index (χ1v) is 8.65. The van der Waals surface area contributed by atoms with E-state index in [0.717, 1.165) is 12.1 Å². The molecule has 0 aliphatic heterocycles. The summed E-state index contributed by atoms with van der Waals surface area (Å²) >= 11 is 0. The highest BCUT2D eigenvalue weighted by atomic mass is 32.2. The molecule has 0 saturated carbocycles. The van der Waals surface area contributed by atoms with Gasteiger partial charge in [0.05, 0.1) is 11.7 Å². The van der Waals surface area contributed by atoms with Crippen molar-refractivity contribution in [1.82, 2.24) is 5.48 Å². The van der Waals surface area contributed by atoms with E-state index in [4.69, 9.17) is 5.21 Å². The minimum atomic E-state index is -4.71. The van der Waals surface area contributed by atoms with Crippen molar-refractivity contribution in [3.63, 3.8) is 0 Å². The van der Waals surface area contributed by atoms with E-state index in [1.54, 1.807) is 5.48 Å². The van der Waals surface area contributed by atoms with E-state index < -0.39 is 36.1 Å². The molecule has 1 atom stereocenters. The monoisotopic (exact) mass is 356 g/mol. The zero-order valence-corrected chi connectivity index (χ0v) is 13.3. The van der Waals surface area contributed by atoms with E-state index in [2.05, 4.69) is 10.1 Å². The fraction of sp³-hybridized carbons (Fsp3) is 0.400. The maximum absolute atomic E-state index is 11.4. The minimum Gasteiger partial charge on any atom is -0.365 e. The minimum absolute atomic E-state index is 0.180. The summed E-state index contributed by atoms with van der Waals surface area (Å²) in [6.45, 7) is 1.14. The van der Waals surface area contributed by atoms with Gasteiger partial charge in [-0.15, -0.1) is 0 Å². The number of ether oxygens (including phenoxy) is 1. The number of rotatable bonds is 7. The third kappa shape index (κ3) is 4.36. The van der Waals surface area contributed by atoms with E-state index in [1.165, 1.54) is 14.0 Å². The fourth-order valence-corrected chi connectivity index (χ4v) is 3.19.